The lowest BCUT2D eigenvalue weighted by atomic mass is 10.1. The fourth-order valence-corrected chi connectivity index (χ4v) is 4.02. The predicted octanol–water partition coefficient (Wildman–Crippen LogP) is 7.77. The summed E-state index contributed by atoms with van der Waals surface area (Å²) in [7, 11) is 0. The van der Waals surface area contributed by atoms with Crippen LogP contribution in [0.15, 0.2) is 133 Å². The molecule has 0 saturated heterocycles. The van der Waals surface area contributed by atoms with Crippen LogP contribution in [0.25, 0.3) is 11.1 Å². The lowest BCUT2D eigenvalue weighted by Crippen LogP contribution is -2.13. The van der Waals surface area contributed by atoms with Gasteiger partial charge in [0.15, 0.2) is 6.61 Å². The highest BCUT2D eigenvalue weighted by Gasteiger charge is 2.16. The SMILES string of the molecule is O=C(COc1ccc(-c2ccccc2)cc1)c1ccc(OCc2ccccc2)cc1OCc1ccccc1. The Bertz CT molecular complexity index is 1450. The van der Waals surface area contributed by atoms with Gasteiger partial charge < -0.3 is 14.2 Å². The lowest BCUT2D eigenvalue weighted by molar-refractivity contribution is 0.0917. The Hall–Kier alpha value is -4.83. The Morgan fingerprint density at radius 3 is 1.66 bits per heavy atom. The van der Waals surface area contributed by atoms with Crippen LogP contribution in [0.4, 0.5) is 0 Å². The second kappa shape index (κ2) is 12.4. The van der Waals surface area contributed by atoms with E-state index in [-0.39, 0.29) is 12.4 Å². The van der Waals surface area contributed by atoms with Crippen molar-refractivity contribution < 1.29 is 19.0 Å². The van der Waals surface area contributed by atoms with Gasteiger partial charge in [0.1, 0.15) is 30.5 Å². The van der Waals surface area contributed by atoms with E-state index in [4.69, 9.17) is 14.2 Å². The van der Waals surface area contributed by atoms with E-state index in [0.29, 0.717) is 36.0 Å². The lowest BCUT2D eigenvalue weighted by Gasteiger charge is -2.14. The van der Waals surface area contributed by atoms with Crippen molar-refractivity contribution in [1.82, 2.24) is 0 Å². The molecule has 0 amide bonds. The molecule has 4 heteroatoms. The monoisotopic (exact) mass is 500 g/mol. The zero-order chi connectivity index (χ0) is 26.0. The van der Waals surface area contributed by atoms with E-state index in [9.17, 15) is 4.79 Å². The first-order valence-electron chi connectivity index (χ1n) is 12.5. The third-order valence-corrected chi connectivity index (χ3v) is 6.07. The Labute approximate surface area is 223 Å². The summed E-state index contributed by atoms with van der Waals surface area (Å²) < 4.78 is 17.9. The first kappa shape index (κ1) is 24.8. The summed E-state index contributed by atoms with van der Waals surface area (Å²) in [6.07, 6.45) is 0. The maximum absolute atomic E-state index is 13.2. The zero-order valence-corrected chi connectivity index (χ0v) is 21.0. The van der Waals surface area contributed by atoms with E-state index >= 15 is 0 Å². The van der Waals surface area contributed by atoms with Gasteiger partial charge in [-0.1, -0.05) is 103 Å². The molecule has 0 N–H and O–H groups in total. The van der Waals surface area contributed by atoms with Gasteiger partial charge in [-0.25, -0.2) is 0 Å². The highest BCUT2D eigenvalue weighted by atomic mass is 16.5. The molecule has 0 aliphatic heterocycles. The minimum absolute atomic E-state index is 0.101. The van der Waals surface area contributed by atoms with Crippen molar-refractivity contribution in [3.05, 3.63) is 150 Å². The van der Waals surface area contributed by atoms with Gasteiger partial charge in [0.05, 0.1) is 5.56 Å². The zero-order valence-electron chi connectivity index (χ0n) is 21.0. The summed E-state index contributed by atoms with van der Waals surface area (Å²) >= 11 is 0. The van der Waals surface area contributed by atoms with Crippen molar-refractivity contribution in [1.29, 1.82) is 0 Å². The first-order valence-corrected chi connectivity index (χ1v) is 12.5. The average Bonchev–Trinajstić information content (AvgIpc) is 2.99. The molecule has 5 aromatic carbocycles. The topological polar surface area (TPSA) is 44.8 Å². The van der Waals surface area contributed by atoms with Crippen LogP contribution in [0.2, 0.25) is 0 Å². The molecule has 188 valence electrons. The van der Waals surface area contributed by atoms with Crippen LogP contribution in [-0.4, -0.2) is 12.4 Å². The summed E-state index contributed by atoms with van der Waals surface area (Å²) in [5.41, 5.74) is 4.74. The van der Waals surface area contributed by atoms with Gasteiger partial charge in [-0.2, -0.15) is 0 Å². The van der Waals surface area contributed by atoms with Gasteiger partial charge in [0.25, 0.3) is 0 Å². The Morgan fingerprint density at radius 1 is 0.500 bits per heavy atom. The van der Waals surface area contributed by atoms with Crippen molar-refractivity contribution in [2.24, 2.45) is 0 Å². The molecule has 0 atom stereocenters. The van der Waals surface area contributed by atoms with Crippen LogP contribution < -0.4 is 14.2 Å². The van der Waals surface area contributed by atoms with Gasteiger partial charge in [0.2, 0.25) is 5.78 Å². The Morgan fingerprint density at radius 2 is 1.03 bits per heavy atom. The van der Waals surface area contributed by atoms with Crippen LogP contribution in [0.5, 0.6) is 17.2 Å². The van der Waals surface area contributed by atoms with E-state index in [2.05, 4.69) is 12.1 Å². The summed E-state index contributed by atoms with van der Waals surface area (Å²) in [4.78, 5) is 13.2. The summed E-state index contributed by atoms with van der Waals surface area (Å²) in [5.74, 6) is 1.56. The van der Waals surface area contributed by atoms with Crippen molar-refractivity contribution in [2.75, 3.05) is 6.61 Å². The Balaban J connectivity index is 1.28. The summed E-state index contributed by atoms with van der Waals surface area (Å²) in [6.45, 7) is 0.663. The van der Waals surface area contributed by atoms with Crippen LogP contribution in [0.3, 0.4) is 0 Å². The van der Waals surface area contributed by atoms with Crippen LogP contribution >= 0.6 is 0 Å². The molecule has 0 heterocycles. The summed E-state index contributed by atoms with van der Waals surface area (Å²) in [5, 5.41) is 0. The number of hydrogen-bond acceptors (Lipinski definition) is 4. The molecular formula is C34H28O4. The number of benzene rings is 5. The van der Waals surface area contributed by atoms with E-state index in [1.54, 1.807) is 18.2 Å². The first-order chi connectivity index (χ1) is 18.7. The minimum Gasteiger partial charge on any atom is -0.489 e. The molecule has 38 heavy (non-hydrogen) atoms. The molecule has 0 bridgehead atoms. The highest BCUT2D eigenvalue weighted by molar-refractivity contribution is 6.00. The van der Waals surface area contributed by atoms with Gasteiger partial charge in [-0.3, -0.25) is 4.79 Å². The van der Waals surface area contributed by atoms with Crippen molar-refractivity contribution >= 4 is 5.78 Å². The van der Waals surface area contributed by atoms with Gasteiger partial charge in [-0.15, -0.1) is 0 Å². The maximum Gasteiger partial charge on any atom is 0.203 e. The van der Waals surface area contributed by atoms with Crippen LogP contribution in [0.1, 0.15) is 21.5 Å². The van der Waals surface area contributed by atoms with E-state index in [1.807, 2.05) is 103 Å². The van der Waals surface area contributed by atoms with Crippen LogP contribution in [0, 0.1) is 0 Å². The Kier molecular flexibility index (Phi) is 8.12. The molecular weight excluding hydrogens is 472 g/mol. The molecule has 4 nitrogen and oxygen atoms in total. The number of ketones is 1. The molecule has 0 radical (unpaired) electrons. The third kappa shape index (κ3) is 6.68. The molecule has 0 unspecified atom stereocenters. The molecule has 0 fully saturated rings. The smallest absolute Gasteiger partial charge is 0.203 e. The molecule has 0 aromatic heterocycles. The van der Waals surface area contributed by atoms with E-state index in [0.717, 1.165) is 22.3 Å². The van der Waals surface area contributed by atoms with Crippen molar-refractivity contribution in [3.63, 3.8) is 0 Å². The van der Waals surface area contributed by atoms with Gasteiger partial charge >= 0.3 is 0 Å². The van der Waals surface area contributed by atoms with E-state index < -0.39 is 0 Å². The van der Waals surface area contributed by atoms with Crippen molar-refractivity contribution in [3.8, 4) is 28.4 Å². The quantitative estimate of drug-likeness (QED) is 0.174. The van der Waals surface area contributed by atoms with Gasteiger partial charge in [0, 0.05) is 6.07 Å². The average molecular weight is 501 g/mol. The number of carbonyl (C=O) groups excluding carboxylic acids is 1. The van der Waals surface area contributed by atoms with Crippen LogP contribution in [-0.2, 0) is 13.2 Å². The standard InChI is InChI=1S/C34H28O4/c35-33(25-37-30-18-16-29(17-19-30)28-14-8-3-9-15-28)32-21-20-31(36-23-26-10-4-1-5-11-26)22-34(32)38-24-27-12-6-2-7-13-27/h1-22H,23-25H2. The number of ether oxygens (including phenoxy) is 3. The third-order valence-electron chi connectivity index (χ3n) is 6.07. The normalized spacial score (nSPS) is 10.5. The fourth-order valence-electron chi connectivity index (χ4n) is 4.02. The fraction of sp³-hybridized carbons (Fsp3) is 0.0882. The second-order valence-electron chi connectivity index (χ2n) is 8.81. The van der Waals surface area contributed by atoms with E-state index in [1.165, 1.54) is 0 Å². The summed E-state index contributed by atoms with van der Waals surface area (Å²) in [6, 6.07) is 43.0. The number of carbonyl (C=O) groups is 1. The molecule has 0 spiro atoms. The molecule has 0 aliphatic carbocycles. The highest BCUT2D eigenvalue weighted by Crippen LogP contribution is 2.28. The number of rotatable bonds is 11. The maximum atomic E-state index is 13.2. The molecule has 0 aliphatic rings. The number of Topliss-reactive ketones (excluding diaryl/α,β-unsaturated/α-hetero) is 1. The molecule has 5 aromatic rings. The molecule has 0 saturated carbocycles. The minimum atomic E-state index is -0.171. The molecule has 5 rings (SSSR count). The van der Waals surface area contributed by atoms with Gasteiger partial charge in [-0.05, 0) is 46.5 Å². The largest absolute Gasteiger partial charge is 0.489 e. The predicted molar refractivity (Wildman–Crippen MR) is 150 cm³/mol. The second-order valence-corrected chi connectivity index (χ2v) is 8.81. The number of hydrogen-bond donors (Lipinski definition) is 0. The van der Waals surface area contributed by atoms with Crippen molar-refractivity contribution in [2.45, 2.75) is 13.2 Å².